The topological polar surface area (TPSA) is 46.5 Å². The molecule has 0 radical (unpaired) electrons. The van der Waals surface area contributed by atoms with E-state index in [0.29, 0.717) is 12.2 Å². The Hall–Kier alpha value is -1.19. The van der Waals surface area contributed by atoms with Crippen LogP contribution in [0.5, 0.6) is 0 Å². The fourth-order valence-corrected chi connectivity index (χ4v) is 1.99. The van der Waals surface area contributed by atoms with Crippen molar-refractivity contribution in [3.8, 4) is 0 Å². The van der Waals surface area contributed by atoms with Crippen molar-refractivity contribution < 1.29 is 14.6 Å². The van der Waals surface area contributed by atoms with Gasteiger partial charge in [-0.15, -0.1) is 0 Å². The number of hydrogen-bond donors (Lipinski definition) is 1. The number of aliphatic hydroxyl groups excluding tert-OH is 1. The third-order valence-electron chi connectivity index (χ3n) is 3.07. The van der Waals surface area contributed by atoms with Crippen LogP contribution < -0.4 is 0 Å². The van der Waals surface area contributed by atoms with Gasteiger partial charge < -0.3 is 9.84 Å². The second-order valence-electron chi connectivity index (χ2n) is 4.25. The molecule has 0 bridgehead atoms. The summed E-state index contributed by atoms with van der Waals surface area (Å²) >= 11 is 0. The highest BCUT2D eigenvalue weighted by atomic mass is 16.5. The van der Waals surface area contributed by atoms with Crippen molar-refractivity contribution in [3.63, 3.8) is 0 Å². The van der Waals surface area contributed by atoms with E-state index in [4.69, 9.17) is 4.74 Å². The zero-order valence-corrected chi connectivity index (χ0v) is 9.35. The van der Waals surface area contributed by atoms with Crippen molar-refractivity contribution >= 4 is 5.78 Å². The molecule has 0 aliphatic carbocycles. The predicted molar refractivity (Wildman–Crippen MR) is 60.3 cm³/mol. The monoisotopic (exact) mass is 220 g/mol. The van der Waals surface area contributed by atoms with Gasteiger partial charge in [0.15, 0.2) is 5.78 Å². The minimum absolute atomic E-state index is 0.0465. The van der Waals surface area contributed by atoms with Gasteiger partial charge in [-0.2, -0.15) is 0 Å². The molecule has 0 aromatic heterocycles. The zero-order valence-electron chi connectivity index (χ0n) is 9.35. The van der Waals surface area contributed by atoms with Crippen molar-refractivity contribution in [2.45, 2.75) is 19.4 Å². The highest BCUT2D eigenvalue weighted by molar-refractivity contribution is 5.94. The Labute approximate surface area is 95.0 Å². The van der Waals surface area contributed by atoms with E-state index in [2.05, 4.69) is 0 Å². The van der Waals surface area contributed by atoms with E-state index >= 15 is 0 Å². The Morgan fingerprint density at radius 1 is 1.44 bits per heavy atom. The fourth-order valence-electron chi connectivity index (χ4n) is 1.99. The number of benzene rings is 1. The van der Waals surface area contributed by atoms with Gasteiger partial charge in [0.1, 0.15) is 0 Å². The van der Waals surface area contributed by atoms with Gasteiger partial charge in [-0.25, -0.2) is 0 Å². The molecular weight excluding hydrogens is 204 g/mol. The highest BCUT2D eigenvalue weighted by Gasteiger charge is 2.25. The van der Waals surface area contributed by atoms with Crippen LogP contribution in [0.15, 0.2) is 24.3 Å². The van der Waals surface area contributed by atoms with E-state index in [1.807, 2.05) is 12.1 Å². The van der Waals surface area contributed by atoms with Crippen molar-refractivity contribution in [3.05, 3.63) is 35.4 Å². The van der Waals surface area contributed by atoms with Gasteiger partial charge in [-0.3, -0.25) is 4.79 Å². The fraction of sp³-hybridized carbons (Fsp3) is 0.462. The number of carbonyl (C=O) groups excluding carboxylic acids is 1. The molecule has 1 aromatic carbocycles. The summed E-state index contributed by atoms with van der Waals surface area (Å²) in [5.74, 6) is 0.230. The summed E-state index contributed by atoms with van der Waals surface area (Å²) in [6, 6.07) is 7.16. The van der Waals surface area contributed by atoms with Gasteiger partial charge in [0.05, 0.1) is 12.7 Å². The number of ether oxygens (including phenoxy) is 1. The van der Waals surface area contributed by atoms with E-state index < -0.39 is 6.10 Å². The van der Waals surface area contributed by atoms with Crippen LogP contribution >= 0.6 is 0 Å². The molecule has 86 valence electrons. The molecule has 1 heterocycles. The zero-order chi connectivity index (χ0) is 11.5. The Balaban J connectivity index is 2.11. The van der Waals surface area contributed by atoms with Crippen LogP contribution in [-0.4, -0.2) is 24.1 Å². The predicted octanol–water partition coefficient (Wildman–Crippen LogP) is 1.96. The summed E-state index contributed by atoms with van der Waals surface area (Å²) in [5, 5.41) is 10.1. The Morgan fingerprint density at radius 2 is 2.12 bits per heavy atom. The summed E-state index contributed by atoms with van der Waals surface area (Å²) in [4.78, 5) is 11.1. The normalized spacial score (nSPS) is 22.0. The first-order chi connectivity index (χ1) is 7.68. The Kier molecular flexibility index (Phi) is 3.36. The molecular formula is C13H16O3. The highest BCUT2D eigenvalue weighted by Crippen LogP contribution is 2.28. The summed E-state index contributed by atoms with van der Waals surface area (Å²) < 4.78 is 5.25. The Morgan fingerprint density at radius 3 is 2.62 bits per heavy atom. The molecule has 0 amide bonds. The van der Waals surface area contributed by atoms with Crippen LogP contribution in [-0.2, 0) is 4.74 Å². The van der Waals surface area contributed by atoms with E-state index in [1.165, 1.54) is 6.92 Å². The molecule has 2 rings (SSSR count). The van der Waals surface area contributed by atoms with E-state index in [-0.39, 0.29) is 11.7 Å². The summed E-state index contributed by atoms with van der Waals surface area (Å²) in [5.41, 5.74) is 1.54. The molecule has 1 N–H and O–H groups in total. The lowest BCUT2D eigenvalue weighted by Crippen LogP contribution is -2.12. The number of Topliss-reactive ketones (excluding diaryl/α,β-unsaturated/α-hetero) is 1. The average molecular weight is 220 g/mol. The minimum atomic E-state index is -0.483. The van der Waals surface area contributed by atoms with Gasteiger partial charge in [0.25, 0.3) is 0 Å². The van der Waals surface area contributed by atoms with E-state index in [0.717, 1.165) is 18.6 Å². The number of aliphatic hydroxyl groups is 1. The lowest BCUT2D eigenvalue weighted by molar-refractivity contribution is 0.0916. The van der Waals surface area contributed by atoms with Crippen molar-refractivity contribution in [1.29, 1.82) is 0 Å². The van der Waals surface area contributed by atoms with Crippen molar-refractivity contribution in [2.75, 3.05) is 13.2 Å². The summed E-state index contributed by atoms with van der Waals surface area (Å²) in [7, 11) is 0. The molecule has 3 nitrogen and oxygen atoms in total. The average Bonchev–Trinajstić information content (AvgIpc) is 2.81. The third kappa shape index (κ3) is 2.31. The second kappa shape index (κ2) is 4.76. The van der Waals surface area contributed by atoms with Gasteiger partial charge in [-0.1, -0.05) is 24.3 Å². The first-order valence-electron chi connectivity index (χ1n) is 5.55. The Bertz CT molecular complexity index is 363. The smallest absolute Gasteiger partial charge is 0.159 e. The van der Waals surface area contributed by atoms with E-state index in [9.17, 15) is 9.90 Å². The van der Waals surface area contributed by atoms with Gasteiger partial charge in [0.2, 0.25) is 0 Å². The van der Waals surface area contributed by atoms with Crippen molar-refractivity contribution in [1.82, 2.24) is 0 Å². The second-order valence-corrected chi connectivity index (χ2v) is 4.25. The molecule has 0 saturated carbocycles. The molecule has 1 aliphatic rings. The molecule has 2 atom stereocenters. The van der Waals surface area contributed by atoms with Gasteiger partial charge in [0, 0.05) is 18.1 Å². The van der Waals surface area contributed by atoms with Gasteiger partial charge in [-0.05, 0) is 18.9 Å². The van der Waals surface area contributed by atoms with Crippen LogP contribution in [0, 0.1) is 5.92 Å². The molecule has 2 unspecified atom stereocenters. The summed E-state index contributed by atoms with van der Waals surface area (Å²) in [6.45, 7) is 2.89. The first kappa shape index (κ1) is 11.3. The number of carbonyl (C=O) groups is 1. The van der Waals surface area contributed by atoms with Crippen LogP contribution in [0.4, 0.5) is 0 Å². The number of hydrogen-bond acceptors (Lipinski definition) is 3. The van der Waals surface area contributed by atoms with E-state index in [1.54, 1.807) is 12.1 Å². The van der Waals surface area contributed by atoms with Crippen LogP contribution in [0.3, 0.4) is 0 Å². The quantitative estimate of drug-likeness (QED) is 0.792. The van der Waals surface area contributed by atoms with Crippen LogP contribution in [0.1, 0.15) is 35.4 Å². The SMILES string of the molecule is CC(=O)c1ccc(C(O)C2CCOC2)cc1. The summed E-state index contributed by atoms with van der Waals surface area (Å²) in [6.07, 6.45) is 0.416. The maximum Gasteiger partial charge on any atom is 0.159 e. The number of ketones is 1. The van der Waals surface area contributed by atoms with Gasteiger partial charge >= 0.3 is 0 Å². The maximum atomic E-state index is 11.1. The maximum absolute atomic E-state index is 11.1. The molecule has 0 spiro atoms. The molecule has 1 fully saturated rings. The van der Waals surface area contributed by atoms with Crippen LogP contribution in [0.25, 0.3) is 0 Å². The molecule has 16 heavy (non-hydrogen) atoms. The molecule has 1 aliphatic heterocycles. The number of rotatable bonds is 3. The largest absolute Gasteiger partial charge is 0.388 e. The molecule has 1 aromatic rings. The molecule has 3 heteroatoms. The minimum Gasteiger partial charge on any atom is -0.388 e. The first-order valence-corrected chi connectivity index (χ1v) is 5.55. The standard InChI is InChI=1S/C13H16O3/c1-9(14)10-2-4-11(5-3-10)13(15)12-6-7-16-8-12/h2-5,12-13,15H,6-8H2,1H3. The lowest BCUT2D eigenvalue weighted by atomic mass is 9.94. The van der Waals surface area contributed by atoms with Crippen LogP contribution in [0.2, 0.25) is 0 Å². The lowest BCUT2D eigenvalue weighted by Gasteiger charge is -2.16. The molecule has 1 saturated heterocycles. The van der Waals surface area contributed by atoms with Crippen molar-refractivity contribution in [2.24, 2.45) is 5.92 Å². The third-order valence-corrected chi connectivity index (χ3v) is 3.07.